The molecule has 0 unspecified atom stereocenters. The van der Waals surface area contributed by atoms with Crippen molar-refractivity contribution in [3.8, 4) is 22.8 Å². The molecular formula is C25H22O4. The molecule has 29 heavy (non-hydrogen) atoms. The average Bonchev–Trinajstić information content (AvgIpc) is 2.74. The van der Waals surface area contributed by atoms with Crippen molar-refractivity contribution in [2.45, 2.75) is 20.5 Å². The third kappa shape index (κ3) is 3.74. The Hall–Kier alpha value is -3.53. The molecule has 0 amide bonds. The highest BCUT2D eigenvalue weighted by Crippen LogP contribution is 2.33. The molecule has 0 saturated carbocycles. The molecule has 4 nitrogen and oxygen atoms in total. The van der Waals surface area contributed by atoms with Gasteiger partial charge in [0.15, 0.2) is 5.76 Å². The predicted octanol–water partition coefficient (Wildman–Crippen LogP) is 5.66. The Labute approximate surface area is 169 Å². The van der Waals surface area contributed by atoms with E-state index in [2.05, 4.69) is 0 Å². The van der Waals surface area contributed by atoms with Crippen molar-refractivity contribution in [2.75, 3.05) is 7.11 Å². The first-order valence-corrected chi connectivity index (χ1v) is 9.46. The second kappa shape index (κ2) is 7.84. The van der Waals surface area contributed by atoms with Crippen molar-refractivity contribution in [1.29, 1.82) is 0 Å². The molecule has 0 bridgehead atoms. The highest BCUT2D eigenvalue weighted by Gasteiger charge is 2.19. The van der Waals surface area contributed by atoms with Gasteiger partial charge in [-0.25, -0.2) is 0 Å². The molecule has 0 N–H and O–H groups in total. The zero-order valence-electron chi connectivity index (χ0n) is 16.7. The number of rotatable bonds is 5. The van der Waals surface area contributed by atoms with Crippen LogP contribution in [0.4, 0.5) is 0 Å². The summed E-state index contributed by atoms with van der Waals surface area (Å²) in [5.41, 5.74) is 4.08. The van der Waals surface area contributed by atoms with E-state index in [9.17, 15) is 4.79 Å². The van der Waals surface area contributed by atoms with E-state index in [0.29, 0.717) is 16.7 Å². The summed E-state index contributed by atoms with van der Waals surface area (Å²) in [7, 11) is 1.62. The van der Waals surface area contributed by atoms with Crippen molar-refractivity contribution in [3.05, 3.63) is 93.6 Å². The van der Waals surface area contributed by atoms with Crippen LogP contribution in [0.25, 0.3) is 22.3 Å². The molecule has 0 spiro atoms. The van der Waals surface area contributed by atoms with Crippen molar-refractivity contribution in [3.63, 3.8) is 0 Å². The third-order valence-electron chi connectivity index (χ3n) is 4.86. The van der Waals surface area contributed by atoms with E-state index in [-0.39, 0.29) is 17.8 Å². The molecule has 4 heteroatoms. The number of methoxy groups -OCH3 is 1. The molecule has 0 atom stereocenters. The molecule has 0 aliphatic heterocycles. The van der Waals surface area contributed by atoms with Crippen molar-refractivity contribution >= 4 is 11.0 Å². The maximum atomic E-state index is 13.4. The molecule has 0 radical (unpaired) electrons. The lowest BCUT2D eigenvalue weighted by Crippen LogP contribution is -2.11. The van der Waals surface area contributed by atoms with Gasteiger partial charge in [0.2, 0.25) is 11.2 Å². The minimum Gasteiger partial charge on any atom is -0.497 e. The van der Waals surface area contributed by atoms with E-state index >= 15 is 0 Å². The third-order valence-corrected chi connectivity index (χ3v) is 4.86. The monoisotopic (exact) mass is 386 g/mol. The van der Waals surface area contributed by atoms with Crippen LogP contribution < -0.4 is 14.9 Å². The van der Waals surface area contributed by atoms with Crippen LogP contribution in [-0.4, -0.2) is 7.11 Å². The largest absolute Gasteiger partial charge is 0.497 e. The summed E-state index contributed by atoms with van der Waals surface area (Å²) < 4.78 is 17.5. The zero-order chi connectivity index (χ0) is 20.4. The quantitative estimate of drug-likeness (QED) is 0.444. The molecule has 4 rings (SSSR count). The van der Waals surface area contributed by atoms with Crippen LogP contribution >= 0.6 is 0 Å². The van der Waals surface area contributed by atoms with Gasteiger partial charge in [0.1, 0.15) is 17.9 Å². The molecule has 0 aliphatic carbocycles. The average molecular weight is 386 g/mol. The van der Waals surface area contributed by atoms with Crippen LogP contribution in [0, 0.1) is 13.8 Å². The maximum Gasteiger partial charge on any atom is 0.235 e. The highest BCUT2D eigenvalue weighted by molar-refractivity contribution is 5.85. The van der Waals surface area contributed by atoms with Crippen molar-refractivity contribution in [1.82, 2.24) is 0 Å². The van der Waals surface area contributed by atoms with Gasteiger partial charge in [0, 0.05) is 5.56 Å². The first-order chi connectivity index (χ1) is 14.1. The van der Waals surface area contributed by atoms with Gasteiger partial charge < -0.3 is 13.9 Å². The first-order valence-electron chi connectivity index (χ1n) is 9.46. The second-order valence-electron chi connectivity index (χ2n) is 7.05. The Morgan fingerprint density at radius 3 is 2.34 bits per heavy atom. The van der Waals surface area contributed by atoms with E-state index in [0.717, 1.165) is 28.0 Å². The van der Waals surface area contributed by atoms with Crippen molar-refractivity contribution < 1.29 is 13.9 Å². The fraction of sp³-hybridized carbons (Fsp3) is 0.160. The van der Waals surface area contributed by atoms with Crippen molar-refractivity contribution in [2.24, 2.45) is 0 Å². The maximum absolute atomic E-state index is 13.4. The first kappa shape index (κ1) is 18.8. The summed E-state index contributed by atoms with van der Waals surface area (Å²) in [5.74, 6) is 1.38. The number of ether oxygens (including phenoxy) is 2. The molecule has 1 aromatic heterocycles. The zero-order valence-corrected chi connectivity index (χ0v) is 16.7. The molecular weight excluding hydrogens is 364 g/mol. The Morgan fingerprint density at radius 1 is 0.931 bits per heavy atom. The van der Waals surface area contributed by atoms with Gasteiger partial charge in [-0.15, -0.1) is 0 Å². The number of benzene rings is 3. The lowest BCUT2D eigenvalue weighted by Gasteiger charge is -2.13. The summed E-state index contributed by atoms with van der Waals surface area (Å²) in [6.07, 6.45) is 0. The number of fused-ring (bicyclic) bond motifs is 1. The SMILES string of the molecule is COc1ccc(-c2oc3c(C)cc(C)cc3c(=O)c2OCc2ccccc2)cc1. The van der Waals surface area contributed by atoms with Crippen LogP contribution in [0.3, 0.4) is 0 Å². The van der Waals surface area contributed by atoms with Crippen LogP contribution in [0.5, 0.6) is 11.5 Å². The summed E-state index contributed by atoms with van der Waals surface area (Å²) >= 11 is 0. The Balaban J connectivity index is 1.89. The lowest BCUT2D eigenvalue weighted by molar-refractivity contribution is 0.298. The van der Waals surface area contributed by atoms with Gasteiger partial charge >= 0.3 is 0 Å². The van der Waals surface area contributed by atoms with Gasteiger partial charge in [-0.2, -0.15) is 0 Å². The Bertz CT molecular complexity index is 1210. The van der Waals surface area contributed by atoms with Crippen LogP contribution in [-0.2, 0) is 6.61 Å². The van der Waals surface area contributed by atoms with E-state index in [4.69, 9.17) is 13.9 Å². The molecule has 0 saturated heterocycles. The molecule has 0 fully saturated rings. The predicted molar refractivity (Wildman–Crippen MR) is 115 cm³/mol. The molecule has 146 valence electrons. The van der Waals surface area contributed by atoms with E-state index in [1.165, 1.54) is 0 Å². The van der Waals surface area contributed by atoms with Crippen LogP contribution in [0.2, 0.25) is 0 Å². The highest BCUT2D eigenvalue weighted by atomic mass is 16.5. The van der Waals surface area contributed by atoms with Crippen LogP contribution in [0.1, 0.15) is 16.7 Å². The molecule has 1 heterocycles. The smallest absolute Gasteiger partial charge is 0.235 e. The number of hydrogen-bond donors (Lipinski definition) is 0. The minimum atomic E-state index is -0.167. The van der Waals surface area contributed by atoms with E-state index in [1.54, 1.807) is 7.11 Å². The van der Waals surface area contributed by atoms with E-state index < -0.39 is 0 Å². The van der Waals surface area contributed by atoms with E-state index in [1.807, 2.05) is 80.6 Å². The van der Waals surface area contributed by atoms with Gasteiger partial charge in [0.05, 0.1) is 12.5 Å². The Kier molecular flexibility index (Phi) is 5.09. The van der Waals surface area contributed by atoms with Gasteiger partial charge in [0.25, 0.3) is 0 Å². The summed E-state index contributed by atoms with van der Waals surface area (Å²) in [6.45, 7) is 4.19. The second-order valence-corrected chi connectivity index (χ2v) is 7.05. The fourth-order valence-electron chi connectivity index (χ4n) is 3.43. The molecule has 0 aliphatic rings. The summed E-state index contributed by atoms with van der Waals surface area (Å²) in [4.78, 5) is 13.4. The van der Waals surface area contributed by atoms with Crippen LogP contribution in [0.15, 0.2) is 75.9 Å². The normalized spacial score (nSPS) is 10.9. The number of hydrogen-bond acceptors (Lipinski definition) is 4. The Morgan fingerprint density at radius 2 is 1.66 bits per heavy atom. The minimum absolute atomic E-state index is 0.167. The number of aryl methyl sites for hydroxylation is 2. The lowest BCUT2D eigenvalue weighted by atomic mass is 10.1. The van der Waals surface area contributed by atoms with Gasteiger partial charge in [-0.3, -0.25) is 4.79 Å². The molecule has 4 aromatic rings. The standard InChI is InChI=1S/C25H22O4/c1-16-13-17(2)23-21(14-16)22(26)25(28-15-18-7-5-4-6-8-18)24(29-23)19-9-11-20(27-3)12-10-19/h4-14H,15H2,1-3H3. The van der Waals surface area contributed by atoms with Gasteiger partial charge in [-0.1, -0.05) is 36.4 Å². The van der Waals surface area contributed by atoms with Gasteiger partial charge in [-0.05, 0) is 60.9 Å². The summed E-state index contributed by atoms with van der Waals surface area (Å²) in [6, 6.07) is 21.0. The molecule has 3 aromatic carbocycles. The topological polar surface area (TPSA) is 48.7 Å². The summed E-state index contributed by atoms with van der Waals surface area (Å²) in [5, 5.41) is 0.530. The fourth-order valence-corrected chi connectivity index (χ4v) is 3.43.